The molecule has 0 saturated carbocycles. The quantitative estimate of drug-likeness (QED) is 0.547. The van der Waals surface area contributed by atoms with Gasteiger partial charge in [-0.3, -0.25) is 14.6 Å². The minimum atomic E-state index is -2.41. The Morgan fingerprint density at radius 3 is 2.96 bits per heavy atom. The van der Waals surface area contributed by atoms with Crippen LogP contribution in [0.3, 0.4) is 0 Å². The maximum absolute atomic E-state index is 13.4. The molecule has 3 atom stereocenters. The smallest absolute Gasteiger partial charge is 0.145 e. The molecule has 0 amide bonds. The Bertz CT molecular complexity index is 908. The fourth-order valence-corrected chi connectivity index (χ4v) is 6.71. The molecule has 0 bridgehead atoms. The molecule has 3 heterocycles. The molecule has 0 fully saturated rings. The molecule has 3 unspecified atom stereocenters. The zero-order valence-electron chi connectivity index (χ0n) is 16.9. The zero-order valence-corrected chi connectivity index (χ0v) is 17.8. The van der Waals surface area contributed by atoms with Crippen molar-refractivity contribution in [3.63, 3.8) is 0 Å². The van der Waals surface area contributed by atoms with Crippen molar-refractivity contribution in [2.75, 3.05) is 6.26 Å². The molecule has 4 aliphatic rings. The Morgan fingerprint density at radius 1 is 1.36 bits per heavy atom. The molecule has 0 saturated heterocycles. The SMILES string of the molecule is CCC1NN=C(N)C=C1NC1=CC=NC2CCCC3=C(CC12)[SH](C)(=O)C(C)=C3. The van der Waals surface area contributed by atoms with Crippen molar-refractivity contribution >= 4 is 22.0 Å². The van der Waals surface area contributed by atoms with Gasteiger partial charge in [-0.2, -0.15) is 5.10 Å². The van der Waals surface area contributed by atoms with Gasteiger partial charge in [-0.05, 0) is 72.8 Å². The molecule has 0 spiro atoms. The first kappa shape index (κ1) is 19.2. The highest BCUT2D eigenvalue weighted by Crippen LogP contribution is 2.44. The lowest BCUT2D eigenvalue weighted by atomic mass is 9.84. The van der Waals surface area contributed by atoms with E-state index in [0.717, 1.165) is 53.3 Å². The molecule has 4 N–H and O–H groups in total. The summed E-state index contributed by atoms with van der Waals surface area (Å²) >= 11 is 0. The van der Waals surface area contributed by atoms with Crippen molar-refractivity contribution in [3.8, 4) is 0 Å². The lowest BCUT2D eigenvalue weighted by molar-refractivity contribution is 0.413. The van der Waals surface area contributed by atoms with Crippen LogP contribution in [0, 0.1) is 5.92 Å². The highest BCUT2D eigenvalue weighted by molar-refractivity contribution is 8.09. The molecule has 0 aromatic heterocycles. The number of thiol groups is 1. The fourth-order valence-electron chi connectivity index (χ4n) is 4.62. The van der Waals surface area contributed by atoms with Gasteiger partial charge in [0.2, 0.25) is 0 Å². The van der Waals surface area contributed by atoms with Crippen LogP contribution in [-0.4, -0.2) is 34.6 Å². The van der Waals surface area contributed by atoms with E-state index in [1.807, 2.05) is 25.5 Å². The van der Waals surface area contributed by atoms with E-state index in [2.05, 4.69) is 34.9 Å². The van der Waals surface area contributed by atoms with Gasteiger partial charge in [0.1, 0.15) is 5.84 Å². The number of hydrogen-bond donors (Lipinski definition) is 4. The third-order valence-electron chi connectivity index (χ3n) is 6.42. The number of nitrogens with two attached hydrogens (primary N) is 1. The minimum Gasteiger partial charge on any atom is -0.382 e. The second-order valence-corrected chi connectivity index (χ2v) is 11.3. The number of fused-ring (bicyclic) bond motifs is 1. The highest BCUT2D eigenvalue weighted by Gasteiger charge is 2.36. The van der Waals surface area contributed by atoms with Gasteiger partial charge in [0, 0.05) is 29.6 Å². The van der Waals surface area contributed by atoms with Crippen molar-refractivity contribution in [1.29, 1.82) is 0 Å². The number of amidine groups is 1. The Balaban J connectivity index is 1.64. The van der Waals surface area contributed by atoms with Crippen LogP contribution in [0.4, 0.5) is 0 Å². The van der Waals surface area contributed by atoms with Crippen LogP contribution < -0.4 is 16.5 Å². The van der Waals surface area contributed by atoms with Gasteiger partial charge in [-0.15, -0.1) is 0 Å². The van der Waals surface area contributed by atoms with Gasteiger partial charge in [-0.1, -0.05) is 16.9 Å². The molecule has 28 heavy (non-hydrogen) atoms. The average Bonchev–Trinajstić information content (AvgIpc) is 2.84. The third-order valence-corrected chi connectivity index (χ3v) is 9.40. The number of aliphatic imine (C=N–C) groups is 1. The highest BCUT2D eigenvalue weighted by atomic mass is 32.2. The Kier molecular flexibility index (Phi) is 5.04. The molecule has 3 aliphatic heterocycles. The Morgan fingerprint density at radius 2 is 2.18 bits per heavy atom. The van der Waals surface area contributed by atoms with Gasteiger partial charge in [0.05, 0.1) is 12.1 Å². The molecular formula is C21H31N5OS. The summed E-state index contributed by atoms with van der Waals surface area (Å²) in [5.41, 5.74) is 12.5. The molecule has 6 nitrogen and oxygen atoms in total. The monoisotopic (exact) mass is 401 g/mol. The van der Waals surface area contributed by atoms with Gasteiger partial charge in [-0.25, -0.2) is 0 Å². The lowest BCUT2D eigenvalue weighted by Crippen LogP contribution is -2.41. The summed E-state index contributed by atoms with van der Waals surface area (Å²) in [6.45, 7) is 4.14. The summed E-state index contributed by atoms with van der Waals surface area (Å²) in [5.74, 6) is 0.687. The molecule has 0 aromatic rings. The van der Waals surface area contributed by atoms with Crippen molar-refractivity contribution in [1.82, 2.24) is 10.7 Å². The molecular weight excluding hydrogens is 370 g/mol. The maximum atomic E-state index is 13.4. The largest absolute Gasteiger partial charge is 0.382 e. The summed E-state index contributed by atoms with van der Waals surface area (Å²) in [7, 11) is -2.41. The molecule has 0 aromatic carbocycles. The second kappa shape index (κ2) is 7.35. The lowest BCUT2D eigenvalue weighted by Gasteiger charge is -2.35. The first-order valence-electron chi connectivity index (χ1n) is 10.2. The van der Waals surface area contributed by atoms with Crippen LogP contribution in [0.1, 0.15) is 46.0 Å². The normalized spacial score (nSPS) is 32.5. The first-order valence-corrected chi connectivity index (χ1v) is 12.3. The number of allylic oxidation sites excluding steroid dienone is 5. The summed E-state index contributed by atoms with van der Waals surface area (Å²) < 4.78 is 13.4. The van der Waals surface area contributed by atoms with E-state index in [1.54, 1.807) is 0 Å². The first-order chi connectivity index (χ1) is 13.4. The summed E-state index contributed by atoms with van der Waals surface area (Å²) in [4.78, 5) is 6.98. The standard InChI is InChI=1S/C21H31N5OS/c1-4-16-19(12-21(22)26-25-16)24-18-8-9-23-17-7-5-6-14-10-13(2)28(3,27)20(14)11-15(17)18/h8-10,12,15-17,24-25,28H,4-7,11H2,1-3H3,(H2,22,26). The Hall–Kier alpha value is -2.15. The van der Waals surface area contributed by atoms with Gasteiger partial charge >= 0.3 is 0 Å². The molecule has 4 rings (SSSR count). The van der Waals surface area contributed by atoms with Crippen molar-refractivity contribution in [2.24, 2.45) is 21.7 Å². The number of nitrogens with zero attached hydrogens (tertiary/aromatic N) is 2. The van der Waals surface area contributed by atoms with E-state index in [1.165, 1.54) is 5.57 Å². The van der Waals surface area contributed by atoms with E-state index in [4.69, 9.17) is 10.7 Å². The van der Waals surface area contributed by atoms with Crippen LogP contribution in [0.2, 0.25) is 0 Å². The van der Waals surface area contributed by atoms with E-state index >= 15 is 0 Å². The predicted molar refractivity (Wildman–Crippen MR) is 119 cm³/mol. The minimum absolute atomic E-state index is 0.113. The van der Waals surface area contributed by atoms with Crippen LogP contribution in [0.15, 0.2) is 55.1 Å². The molecule has 1 aliphatic carbocycles. The van der Waals surface area contributed by atoms with Crippen LogP contribution in [-0.2, 0) is 9.93 Å². The Labute approximate surface area is 168 Å². The van der Waals surface area contributed by atoms with Crippen LogP contribution >= 0.6 is 0 Å². The van der Waals surface area contributed by atoms with Crippen LogP contribution in [0.5, 0.6) is 0 Å². The zero-order chi connectivity index (χ0) is 19.9. The number of nitrogens with one attached hydrogen (secondary N) is 2. The van der Waals surface area contributed by atoms with Crippen LogP contribution in [0.25, 0.3) is 0 Å². The number of rotatable bonds is 3. The van der Waals surface area contributed by atoms with Crippen molar-refractivity contribution < 1.29 is 4.21 Å². The van der Waals surface area contributed by atoms with E-state index in [0.29, 0.717) is 5.84 Å². The number of hydrazone groups is 1. The van der Waals surface area contributed by atoms with Crippen molar-refractivity contribution in [2.45, 2.75) is 58.0 Å². The summed E-state index contributed by atoms with van der Waals surface area (Å²) in [6.07, 6.45) is 14.9. The third kappa shape index (κ3) is 3.36. The number of dihydropyridines is 1. The second-order valence-electron chi connectivity index (χ2n) is 8.22. The molecule has 152 valence electrons. The fraction of sp³-hybridized carbons (Fsp3) is 0.524. The van der Waals surface area contributed by atoms with Gasteiger partial charge in [0.15, 0.2) is 0 Å². The average molecular weight is 402 g/mol. The topological polar surface area (TPSA) is 91.9 Å². The maximum Gasteiger partial charge on any atom is 0.145 e. The van der Waals surface area contributed by atoms with Crippen molar-refractivity contribution in [3.05, 3.63) is 45.0 Å². The number of hydrogen-bond acceptors (Lipinski definition) is 6. The predicted octanol–water partition coefficient (Wildman–Crippen LogP) is 2.46. The van der Waals surface area contributed by atoms with Gasteiger partial charge in [0.25, 0.3) is 0 Å². The molecule has 0 radical (unpaired) electrons. The summed E-state index contributed by atoms with van der Waals surface area (Å²) in [6, 6.07) is 0.340. The van der Waals surface area contributed by atoms with E-state index in [-0.39, 0.29) is 18.0 Å². The van der Waals surface area contributed by atoms with E-state index < -0.39 is 9.93 Å². The summed E-state index contributed by atoms with van der Waals surface area (Å²) in [5, 5.41) is 7.77. The van der Waals surface area contributed by atoms with Gasteiger partial charge < -0.3 is 11.1 Å². The molecule has 7 heteroatoms. The van der Waals surface area contributed by atoms with E-state index in [9.17, 15) is 4.21 Å².